The largest absolute Gasteiger partial charge is 0.454 e. The lowest BCUT2D eigenvalue weighted by atomic mass is 9.99. The molecule has 0 amide bonds. The van der Waals surface area contributed by atoms with Gasteiger partial charge in [0.1, 0.15) is 11.7 Å². The van der Waals surface area contributed by atoms with Crippen LogP contribution in [0.15, 0.2) is 210 Å². The molecule has 4 nitrogen and oxygen atoms in total. The molecule has 59 heavy (non-hydrogen) atoms. The van der Waals surface area contributed by atoms with E-state index >= 15 is 0 Å². The zero-order chi connectivity index (χ0) is 38.9. The molecule has 1 aliphatic carbocycles. The third-order valence-electron chi connectivity index (χ3n) is 12.1. The first-order valence-corrected chi connectivity index (χ1v) is 20.3. The Morgan fingerprint density at radius 1 is 0.542 bits per heavy atom. The van der Waals surface area contributed by atoms with Crippen molar-refractivity contribution in [2.45, 2.75) is 12.6 Å². The lowest BCUT2D eigenvalue weighted by Crippen LogP contribution is -2.39. The van der Waals surface area contributed by atoms with Gasteiger partial charge in [0.25, 0.3) is 0 Å². The third kappa shape index (κ3) is 5.49. The summed E-state index contributed by atoms with van der Waals surface area (Å²) >= 11 is 0. The van der Waals surface area contributed by atoms with Crippen LogP contribution in [0.5, 0.6) is 0 Å². The predicted octanol–water partition coefficient (Wildman–Crippen LogP) is 12.4. The Morgan fingerprint density at radius 2 is 1.19 bits per heavy atom. The summed E-state index contributed by atoms with van der Waals surface area (Å²) in [5, 5.41) is 10.5. The van der Waals surface area contributed by atoms with Crippen LogP contribution in [0.2, 0.25) is 0 Å². The van der Waals surface area contributed by atoms with E-state index in [4.69, 9.17) is 9.41 Å². The van der Waals surface area contributed by atoms with Crippen LogP contribution in [-0.4, -0.2) is 4.57 Å². The molecule has 0 saturated carbocycles. The summed E-state index contributed by atoms with van der Waals surface area (Å²) in [6, 6.07) is 65.1. The number of fused-ring (bicyclic) bond motifs is 7. The highest BCUT2D eigenvalue weighted by molar-refractivity contribution is 6.14. The van der Waals surface area contributed by atoms with E-state index in [-0.39, 0.29) is 6.17 Å². The quantitative estimate of drug-likeness (QED) is 0.184. The third-order valence-corrected chi connectivity index (χ3v) is 12.1. The van der Waals surface area contributed by atoms with Gasteiger partial charge in [-0.05, 0) is 75.7 Å². The zero-order valence-corrected chi connectivity index (χ0v) is 32.1. The molecule has 1 N–H and O–H groups in total. The normalized spacial score (nSPS) is 14.8. The maximum atomic E-state index is 7.00. The minimum Gasteiger partial charge on any atom is -0.454 e. The first-order valence-electron chi connectivity index (χ1n) is 20.3. The number of hydrogen-bond donors (Lipinski definition) is 1. The molecule has 2 aliphatic rings. The smallest absolute Gasteiger partial charge is 0.159 e. The molecule has 0 spiro atoms. The summed E-state index contributed by atoms with van der Waals surface area (Å²) in [7, 11) is 0. The molecule has 0 radical (unpaired) electrons. The van der Waals surface area contributed by atoms with Crippen molar-refractivity contribution in [2.24, 2.45) is 4.99 Å². The number of benzene rings is 8. The molecule has 1 atom stereocenters. The van der Waals surface area contributed by atoms with Gasteiger partial charge in [-0.2, -0.15) is 0 Å². The zero-order valence-electron chi connectivity index (χ0n) is 32.1. The average molecular weight is 756 g/mol. The average Bonchev–Trinajstić information content (AvgIpc) is 4.06. The number of furan rings is 1. The number of aromatic nitrogens is 1. The van der Waals surface area contributed by atoms with Gasteiger partial charge in [0.2, 0.25) is 0 Å². The molecular weight excluding hydrogens is 719 g/mol. The Hall–Kier alpha value is -7.69. The fourth-order valence-electron chi connectivity index (χ4n) is 9.24. The first-order chi connectivity index (χ1) is 29.2. The van der Waals surface area contributed by atoms with Crippen LogP contribution in [0.4, 0.5) is 0 Å². The first kappa shape index (κ1) is 33.4. The minimum absolute atomic E-state index is 0.334. The molecule has 1 aliphatic heterocycles. The summed E-state index contributed by atoms with van der Waals surface area (Å²) in [6.07, 6.45) is 7.22. The van der Waals surface area contributed by atoms with Crippen molar-refractivity contribution in [2.75, 3.05) is 0 Å². The van der Waals surface area contributed by atoms with Crippen LogP contribution in [-0.2, 0) is 0 Å². The molecule has 0 saturated heterocycles. The van der Waals surface area contributed by atoms with Gasteiger partial charge in [0.05, 0.1) is 27.8 Å². The lowest BCUT2D eigenvalue weighted by Gasteiger charge is -2.23. The van der Waals surface area contributed by atoms with Gasteiger partial charge in [0.15, 0.2) is 5.58 Å². The molecule has 0 fully saturated rings. The Morgan fingerprint density at radius 3 is 1.95 bits per heavy atom. The van der Waals surface area contributed by atoms with E-state index in [1.807, 2.05) is 0 Å². The second-order valence-electron chi connectivity index (χ2n) is 15.5. The minimum atomic E-state index is -0.334. The number of nitrogens with one attached hydrogen (secondary N) is 1. The predicted molar refractivity (Wildman–Crippen MR) is 243 cm³/mol. The maximum Gasteiger partial charge on any atom is 0.159 e. The molecule has 2 aromatic heterocycles. The molecular formula is C55H37N3O. The van der Waals surface area contributed by atoms with Crippen LogP contribution in [0.1, 0.15) is 29.3 Å². The van der Waals surface area contributed by atoms with Crippen molar-refractivity contribution in [1.82, 2.24) is 9.88 Å². The highest BCUT2D eigenvalue weighted by Gasteiger charge is 2.24. The van der Waals surface area contributed by atoms with Gasteiger partial charge < -0.3 is 14.3 Å². The maximum absolute atomic E-state index is 7.00. The van der Waals surface area contributed by atoms with Gasteiger partial charge in [0, 0.05) is 32.3 Å². The van der Waals surface area contributed by atoms with Crippen LogP contribution in [0.3, 0.4) is 0 Å². The molecule has 278 valence electrons. The van der Waals surface area contributed by atoms with E-state index in [1.54, 1.807) is 0 Å². The molecule has 1 unspecified atom stereocenters. The summed E-state index contributed by atoms with van der Waals surface area (Å²) < 4.78 is 9.41. The van der Waals surface area contributed by atoms with E-state index in [0.29, 0.717) is 0 Å². The molecule has 12 rings (SSSR count). The van der Waals surface area contributed by atoms with E-state index in [0.717, 1.165) is 72.5 Å². The Balaban J connectivity index is 1.04. The van der Waals surface area contributed by atoms with Crippen molar-refractivity contribution < 1.29 is 4.42 Å². The summed E-state index contributed by atoms with van der Waals surface area (Å²) in [5.74, 6) is 0. The fourth-order valence-corrected chi connectivity index (χ4v) is 9.24. The molecule has 4 heteroatoms. The number of rotatable bonds is 6. The van der Waals surface area contributed by atoms with Crippen LogP contribution < -0.4 is 15.9 Å². The van der Waals surface area contributed by atoms with Crippen LogP contribution in [0, 0.1) is 0 Å². The second kappa shape index (κ2) is 13.5. The number of hydrogen-bond acceptors (Lipinski definition) is 3. The number of nitrogens with zero attached hydrogens (tertiary/aromatic N) is 2. The lowest BCUT2D eigenvalue weighted by molar-refractivity contribution is 0.636. The van der Waals surface area contributed by atoms with Gasteiger partial charge >= 0.3 is 0 Å². The fraction of sp³-hybridized carbons (Fsp3) is 0.0364. The van der Waals surface area contributed by atoms with Gasteiger partial charge in [-0.3, -0.25) is 4.99 Å². The van der Waals surface area contributed by atoms with E-state index in [9.17, 15) is 0 Å². The van der Waals surface area contributed by atoms with E-state index in [2.05, 4.69) is 210 Å². The SMILES string of the molecule is C1=CCC(c2ccc3c4ccc(-c5ccccc5)cc4n(-c4cccc5c4oc4cccc(C6N=c7ccccc7=C(c7ccc(-c8ccccc8)cc7)N6)c45)c3c2)=C1. The summed E-state index contributed by atoms with van der Waals surface area (Å²) in [5.41, 5.74) is 15.6. The molecule has 8 aromatic carbocycles. The Kier molecular flexibility index (Phi) is 7.63. The second-order valence-corrected chi connectivity index (χ2v) is 15.5. The van der Waals surface area contributed by atoms with E-state index in [1.165, 1.54) is 44.2 Å². The van der Waals surface area contributed by atoms with Gasteiger partial charge in [-0.1, -0.05) is 170 Å². The number of para-hydroxylation sites is 2. The van der Waals surface area contributed by atoms with Gasteiger partial charge in [-0.15, -0.1) is 0 Å². The highest BCUT2D eigenvalue weighted by atomic mass is 16.3. The van der Waals surface area contributed by atoms with Crippen LogP contribution >= 0.6 is 0 Å². The van der Waals surface area contributed by atoms with Crippen molar-refractivity contribution in [1.29, 1.82) is 0 Å². The topological polar surface area (TPSA) is 42.5 Å². The van der Waals surface area contributed by atoms with Crippen molar-refractivity contribution in [3.05, 3.63) is 227 Å². The van der Waals surface area contributed by atoms with Crippen LogP contribution in [0.25, 0.3) is 83.0 Å². The summed E-state index contributed by atoms with van der Waals surface area (Å²) in [6.45, 7) is 0. The molecule has 3 heterocycles. The highest BCUT2D eigenvalue weighted by Crippen LogP contribution is 2.42. The summed E-state index contributed by atoms with van der Waals surface area (Å²) in [4.78, 5) is 5.34. The molecule has 10 aromatic rings. The standard InChI is InChI=1S/C55H37N3O/c1-3-13-35(14-4-1)38-25-27-39(28-26-38)53-44-19-9-10-22-47(44)56-55(57-53)46-21-12-24-51-52(46)45-20-11-23-48(54(45)59-51)58-49-33-40(36-15-5-2-6-16-36)29-31-42(49)43-32-30-41(34-50(43)58)37-17-7-8-18-37/h1-17,19-34,55,57H,18H2. The van der Waals surface area contributed by atoms with Crippen molar-refractivity contribution in [3.8, 4) is 27.9 Å². The Labute approximate surface area is 341 Å². The van der Waals surface area contributed by atoms with E-state index < -0.39 is 0 Å². The van der Waals surface area contributed by atoms with Crippen molar-refractivity contribution in [3.63, 3.8) is 0 Å². The Bertz CT molecular complexity index is 3480. The van der Waals surface area contributed by atoms with Crippen molar-refractivity contribution >= 4 is 55.0 Å². The monoisotopic (exact) mass is 755 g/mol. The number of allylic oxidation sites excluding steroid dienone is 4. The molecule has 0 bridgehead atoms. The van der Waals surface area contributed by atoms with Gasteiger partial charge in [-0.25, -0.2) is 0 Å².